The first-order valence-corrected chi connectivity index (χ1v) is 7.43. The first-order chi connectivity index (χ1) is 11.2. The van der Waals surface area contributed by atoms with Crippen LogP contribution in [-0.2, 0) is 19.6 Å². The van der Waals surface area contributed by atoms with E-state index >= 15 is 0 Å². The number of aliphatic hydroxyl groups excluding tert-OH is 1. The predicted molar refractivity (Wildman–Crippen MR) is 85.0 cm³/mol. The Kier molecular flexibility index (Phi) is 4.68. The molecule has 23 heavy (non-hydrogen) atoms. The monoisotopic (exact) mass is 310 g/mol. The van der Waals surface area contributed by atoms with Gasteiger partial charge in [-0.1, -0.05) is 41.6 Å². The van der Waals surface area contributed by atoms with Crippen LogP contribution < -0.4 is 4.74 Å². The summed E-state index contributed by atoms with van der Waals surface area (Å²) in [6, 6.07) is 15.4. The number of aliphatic hydroxyl groups is 1. The molecule has 3 rings (SSSR count). The minimum Gasteiger partial charge on any atom is -0.484 e. The van der Waals surface area contributed by atoms with E-state index in [-0.39, 0.29) is 13.2 Å². The number of aromatic nitrogens is 2. The van der Waals surface area contributed by atoms with Crippen LogP contribution in [-0.4, -0.2) is 15.2 Å². The van der Waals surface area contributed by atoms with Crippen LogP contribution in [0, 0.1) is 6.92 Å². The fraction of sp³-hybridized carbons (Fsp3) is 0.222. The number of aryl methyl sites for hydroxylation is 1. The summed E-state index contributed by atoms with van der Waals surface area (Å²) in [6.07, 6.45) is 0.640. The number of ether oxygens (including phenoxy) is 1. The van der Waals surface area contributed by atoms with Crippen LogP contribution >= 0.6 is 0 Å². The van der Waals surface area contributed by atoms with Crippen molar-refractivity contribution in [2.24, 2.45) is 0 Å². The van der Waals surface area contributed by atoms with Crippen molar-refractivity contribution in [3.05, 3.63) is 76.9 Å². The Morgan fingerprint density at radius 3 is 2.61 bits per heavy atom. The normalized spacial score (nSPS) is 10.7. The highest BCUT2D eigenvalue weighted by atomic mass is 16.5. The van der Waals surface area contributed by atoms with Crippen LogP contribution in [0.15, 0.2) is 53.1 Å². The minimum atomic E-state index is 0.0200. The molecule has 0 unspecified atom stereocenters. The molecule has 0 aliphatic carbocycles. The van der Waals surface area contributed by atoms with Gasteiger partial charge in [-0.2, -0.15) is 4.98 Å². The van der Waals surface area contributed by atoms with Crippen molar-refractivity contribution >= 4 is 0 Å². The van der Waals surface area contributed by atoms with E-state index in [9.17, 15) is 0 Å². The minimum absolute atomic E-state index is 0.0200. The molecule has 0 spiro atoms. The summed E-state index contributed by atoms with van der Waals surface area (Å²) in [5.74, 6) is 1.79. The van der Waals surface area contributed by atoms with Crippen LogP contribution in [0.4, 0.5) is 0 Å². The van der Waals surface area contributed by atoms with Gasteiger partial charge in [0.2, 0.25) is 0 Å². The predicted octanol–water partition coefficient (Wildman–Crippen LogP) is 3.04. The van der Waals surface area contributed by atoms with Gasteiger partial charge in [-0.05, 0) is 35.7 Å². The molecule has 1 heterocycles. The van der Waals surface area contributed by atoms with Gasteiger partial charge in [-0.25, -0.2) is 0 Å². The summed E-state index contributed by atoms with van der Waals surface area (Å²) >= 11 is 0. The molecule has 2 aromatic carbocycles. The van der Waals surface area contributed by atoms with Gasteiger partial charge in [0, 0.05) is 6.42 Å². The van der Waals surface area contributed by atoms with Crippen molar-refractivity contribution in [1.29, 1.82) is 0 Å². The van der Waals surface area contributed by atoms with E-state index in [0.717, 1.165) is 5.56 Å². The molecule has 0 aliphatic rings. The van der Waals surface area contributed by atoms with Crippen molar-refractivity contribution in [1.82, 2.24) is 10.1 Å². The van der Waals surface area contributed by atoms with Crippen LogP contribution in [0.25, 0.3) is 0 Å². The van der Waals surface area contributed by atoms with E-state index in [2.05, 4.69) is 29.2 Å². The first-order valence-electron chi connectivity index (χ1n) is 7.43. The highest BCUT2D eigenvalue weighted by Gasteiger charge is 2.09. The SMILES string of the molecule is Cc1ccccc1Cc1noc(COc2ccc(CO)cc2)n1. The zero-order valence-electron chi connectivity index (χ0n) is 12.9. The smallest absolute Gasteiger partial charge is 0.264 e. The Morgan fingerprint density at radius 2 is 1.87 bits per heavy atom. The molecule has 0 radical (unpaired) electrons. The molecule has 5 nitrogen and oxygen atoms in total. The fourth-order valence-electron chi connectivity index (χ4n) is 2.24. The molecule has 118 valence electrons. The number of rotatable bonds is 6. The van der Waals surface area contributed by atoms with Crippen LogP contribution in [0.1, 0.15) is 28.4 Å². The number of nitrogens with zero attached hydrogens (tertiary/aromatic N) is 2. The second kappa shape index (κ2) is 7.07. The zero-order valence-corrected chi connectivity index (χ0v) is 12.9. The van der Waals surface area contributed by atoms with E-state index in [1.807, 2.05) is 24.3 Å². The molecule has 0 bridgehead atoms. The lowest BCUT2D eigenvalue weighted by Gasteiger charge is -2.03. The average molecular weight is 310 g/mol. The van der Waals surface area contributed by atoms with Gasteiger partial charge in [0.05, 0.1) is 6.61 Å². The molecule has 0 aliphatic heterocycles. The standard InChI is InChI=1S/C18H18N2O3/c1-13-4-2-3-5-15(13)10-17-19-18(23-20-17)12-22-16-8-6-14(11-21)7-9-16/h2-9,21H,10-12H2,1H3. The van der Waals surface area contributed by atoms with Gasteiger partial charge in [0.15, 0.2) is 12.4 Å². The van der Waals surface area contributed by atoms with E-state index < -0.39 is 0 Å². The molecular weight excluding hydrogens is 292 g/mol. The molecule has 0 saturated carbocycles. The largest absolute Gasteiger partial charge is 0.484 e. The van der Waals surface area contributed by atoms with E-state index in [4.69, 9.17) is 14.4 Å². The Morgan fingerprint density at radius 1 is 1.09 bits per heavy atom. The summed E-state index contributed by atoms with van der Waals surface area (Å²) < 4.78 is 10.8. The number of hydrogen-bond donors (Lipinski definition) is 1. The summed E-state index contributed by atoms with van der Waals surface area (Å²) in [6.45, 7) is 2.31. The van der Waals surface area contributed by atoms with Crippen molar-refractivity contribution < 1.29 is 14.4 Å². The van der Waals surface area contributed by atoms with Gasteiger partial charge in [-0.3, -0.25) is 0 Å². The molecule has 0 atom stereocenters. The van der Waals surface area contributed by atoms with Gasteiger partial charge in [-0.15, -0.1) is 0 Å². The van der Waals surface area contributed by atoms with Gasteiger partial charge in [0.1, 0.15) is 5.75 Å². The Labute approximate surface area is 134 Å². The van der Waals surface area contributed by atoms with Gasteiger partial charge < -0.3 is 14.4 Å². The van der Waals surface area contributed by atoms with Gasteiger partial charge >= 0.3 is 0 Å². The fourth-order valence-corrected chi connectivity index (χ4v) is 2.24. The quantitative estimate of drug-likeness (QED) is 0.758. The van der Waals surface area contributed by atoms with Crippen LogP contribution in [0.5, 0.6) is 5.75 Å². The maximum absolute atomic E-state index is 9.01. The van der Waals surface area contributed by atoms with Crippen molar-refractivity contribution in [2.75, 3.05) is 0 Å². The Balaban J connectivity index is 1.59. The highest BCUT2D eigenvalue weighted by molar-refractivity contribution is 5.28. The average Bonchev–Trinajstić information content (AvgIpc) is 3.03. The molecule has 3 aromatic rings. The Bertz CT molecular complexity index is 766. The summed E-state index contributed by atoms with van der Waals surface area (Å²) in [4.78, 5) is 4.35. The summed E-state index contributed by atoms with van der Waals surface area (Å²) in [5, 5.41) is 13.0. The molecular formula is C18H18N2O3. The number of benzene rings is 2. The maximum Gasteiger partial charge on any atom is 0.264 e. The third-order valence-electron chi connectivity index (χ3n) is 3.59. The van der Waals surface area contributed by atoms with Crippen molar-refractivity contribution in [3.8, 4) is 5.75 Å². The summed E-state index contributed by atoms with van der Waals surface area (Å²) in [7, 11) is 0. The topological polar surface area (TPSA) is 68.4 Å². The molecule has 0 fully saturated rings. The Hall–Kier alpha value is -2.66. The number of hydrogen-bond acceptors (Lipinski definition) is 5. The molecule has 1 N–H and O–H groups in total. The second-order valence-electron chi connectivity index (χ2n) is 5.30. The zero-order chi connectivity index (χ0) is 16.1. The van der Waals surface area contributed by atoms with Gasteiger partial charge in [0.25, 0.3) is 5.89 Å². The lowest BCUT2D eigenvalue weighted by molar-refractivity contribution is 0.242. The summed E-state index contributed by atoms with van der Waals surface area (Å²) in [5.41, 5.74) is 3.23. The van der Waals surface area contributed by atoms with E-state index in [1.54, 1.807) is 12.1 Å². The van der Waals surface area contributed by atoms with E-state index in [0.29, 0.717) is 23.9 Å². The lowest BCUT2D eigenvalue weighted by atomic mass is 10.1. The molecule has 0 saturated heterocycles. The third kappa shape index (κ3) is 3.96. The maximum atomic E-state index is 9.01. The second-order valence-corrected chi connectivity index (χ2v) is 5.30. The van der Waals surface area contributed by atoms with E-state index in [1.165, 1.54) is 11.1 Å². The van der Waals surface area contributed by atoms with Crippen molar-refractivity contribution in [2.45, 2.75) is 26.6 Å². The first kappa shape index (κ1) is 15.2. The van der Waals surface area contributed by atoms with Crippen LogP contribution in [0.2, 0.25) is 0 Å². The highest BCUT2D eigenvalue weighted by Crippen LogP contribution is 2.15. The molecule has 5 heteroatoms. The lowest BCUT2D eigenvalue weighted by Crippen LogP contribution is -1.97. The third-order valence-corrected chi connectivity index (χ3v) is 3.59. The van der Waals surface area contributed by atoms with Crippen LogP contribution in [0.3, 0.4) is 0 Å². The molecule has 0 amide bonds. The van der Waals surface area contributed by atoms with Crippen molar-refractivity contribution in [3.63, 3.8) is 0 Å². The molecule has 1 aromatic heterocycles.